The minimum Gasteiger partial charge on any atom is -0.497 e. The van der Waals surface area contributed by atoms with Crippen LogP contribution in [0.5, 0.6) is 11.5 Å². The molecule has 41 heavy (non-hydrogen) atoms. The Morgan fingerprint density at radius 3 is 2.37 bits per heavy atom. The number of likely N-dealkylation sites (tertiary alicyclic amines) is 1. The second-order valence-electron chi connectivity index (χ2n) is 10.9. The molecule has 1 atom stereocenters. The highest BCUT2D eigenvalue weighted by Crippen LogP contribution is 2.27. The van der Waals surface area contributed by atoms with Gasteiger partial charge >= 0.3 is 0 Å². The largest absolute Gasteiger partial charge is 0.497 e. The van der Waals surface area contributed by atoms with Gasteiger partial charge in [-0.3, -0.25) is 9.69 Å². The number of carbonyl (C=O) groups is 1. The van der Waals surface area contributed by atoms with E-state index in [0.29, 0.717) is 23.5 Å². The highest BCUT2D eigenvalue weighted by molar-refractivity contribution is 7.89. The molecule has 2 aromatic rings. The summed E-state index contributed by atoms with van der Waals surface area (Å²) >= 11 is 0. The first-order valence-electron chi connectivity index (χ1n) is 14.4. The molecule has 1 aliphatic rings. The number of nitrogens with zero attached hydrogens (tertiary/aromatic N) is 3. The fraction of sp³-hybridized carbons (Fsp3) is 0.581. The molecule has 0 saturated carbocycles. The van der Waals surface area contributed by atoms with Gasteiger partial charge in [-0.1, -0.05) is 12.1 Å². The molecule has 3 rings (SSSR count). The number of hydrogen-bond acceptors (Lipinski definition) is 7. The number of hydrogen-bond donors (Lipinski definition) is 0. The van der Waals surface area contributed by atoms with Gasteiger partial charge in [0.05, 0.1) is 18.6 Å². The normalized spacial score (nSPS) is 14.8. The molecule has 0 N–H and O–H groups in total. The average Bonchev–Trinajstić information content (AvgIpc) is 3.46. The number of aryl methyl sites for hydroxylation is 3. The lowest BCUT2D eigenvalue weighted by molar-refractivity contribution is -0.136. The Labute approximate surface area is 246 Å². The van der Waals surface area contributed by atoms with E-state index in [9.17, 15) is 13.2 Å². The Kier molecular flexibility index (Phi) is 12.4. The van der Waals surface area contributed by atoms with Crippen LogP contribution in [0.2, 0.25) is 0 Å². The highest BCUT2D eigenvalue weighted by atomic mass is 32.2. The maximum Gasteiger partial charge on any atom is 0.248 e. The predicted octanol–water partition coefficient (Wildman–Crippen LogP) is 3.90. The van der Waals surface area contributed by atoms with Crippen LogP contribution in [-0.2, 0) is 26.0 Å². The van der Waals surface area contributed by atoms with Gasteiger partial charge in [-0.15, -0.1) is 0 Å². The van der Waals surface area contributed by atoms with E-state index in [2.05, 4.69) is 17.0 Å². The summed E-state index contributed by atoms with van der Waals surface area (Å²) in [4.78, 5) is 17.1. The maximum absolute atomic E-state index is 13.2. The lowest BCUT2D eigenvalue weighted by atomic mass is 10.1. The third-order valence-electron chi connectivity index (χ3n) is 7.79. The van der Waals surface area contributed by atoms with Gasteiger partial charge in [-0.25, -0.2) is 8.42 Å². The predicted molar refractivity (Wildman–Crippen MR) is 161 cm³/mol. The van der Waals surface area contributed by atoms with E-state index in [4.69, 9.17) is 14.2 Å². The monoisotopic (exact) mass is 589 g/mol. The van der Waals surface area contributed by atoms with Crippen molar-refractivity contribution in [2.75, 3.05) is 67.2 Å². The standard InChI is InChI=1S/C31H47N3O6S/c1-24-20-29(38-6)21-25(2)31(24)41(36,37)32(4)16-18-39-23-30(35)33(5)26(3)12-13-27-10-9-11-28(22-27)40-19-17-34-14-7-8-15-34/h9-11,20-22,26H,7-8,12-19,23H2,1-6H3. The van der Waals surface area contributed by atoms with Gasteiger partial charge in [0.1, 0.15) is 24.7 Å². The summed E-state index contributed by atoms with van der Waals surface area (Å²) < 4.78 is 44.4. The van der Waals surface area contributed by atoms with Gasteiger partial charge in [0.2, 0.25) is 15.9 Å². The summed E-state index contributed by atoms with van der Waals surface area (Å²) in [7, 11) is 1.14. The van der Waals surface area contributed by atoms with Crippen LogP contribution in [0.15, 0.2) is 41.3 Å². The van der Waals surface area contributed by atoms with E-state index in [-0.39, 0.29) is 36.6 Å². The Balaban J connectivity index is 1.39. The number of ether oxygens (including phenoxy) is 3. The van der Waals surface area contributed by atoms with Crippen molar-refractivity contribution in [3.05, 3.63) is 53.1 Å². The van der Waals surface area contributed by atoms with Crippen molar-refractivity contribution < 1.29 is 27.4 Å². The zero-order valence-corrected chi connectivity index (χ0v) is 26.3. The number of benzene rings is 2. The minimum atomic E-state index is -3.71. The molecule has 1 saturated heterocycles. The van der Waals surface area contributed by atoms with Crippen LogP contribution in [0, 0.1) is 13.8 Å². The molecular weight excluding hydrogens is 542 g/mol. The smallest absolute Gasteiger partial charge is 0.248 e. The minimum absolute atomic E-state index is 0.0231. The van der Waals surface area contributed by atoms with Crippen LogP contribution in [0.25, 0.3) is 0 Å². The molecule has 228 valence electrons. The first kappa shape index (κ1) is 32.8. The molecule has 10 heteroatoms. The van der Waals surface area contributed by atoms with E-state index in [0.717, 1.165) is 25.1 Å². The highest BCUT2D eigenvalue weighted by Gasteiger charge is 2.25. The van der Waals surface area contributed by atoms with Crippen LogP contribution >= 0.6 is 0 Å². The molecule has 9 nitrogen and oxygen atoms in total. The average molecular weight is 590 g/mol. The molecule has 1 aliphatic heterocycles. The van der Waals surface area contributed by atoms with Crippen LogP contribution < -0.4 is 9.47 Å². The summed E-state index contributed by atoms with van der Waals surface area (Å²) in [5, 5.41) is 0. The summed E-state index contributed by atoms with van der Waals surface area (Å²) in [5.74, 6) is 1.37. The van der Waals surface area contributed by atoms with Gasteiger partial charge in [0, 0.05) is 33.2 Å². The second-order valence-corrected chi connectivity index (χ2v) is 12.9. The Hall–Kier alpha value is -2.66. The molecule has 1 unspecified atom stereocenters. The Morgan fingerprint density at radius 1 is 1.02 bits per heavy atom. The number of methoxy groups -OCH3 is 1. The molecule has 0 aromatic heterocycles. The summed E-state index contributed by atoms with van der Waals surface area (Å²) in [6, 6.07) is 11.6. The van der Waals surface area contributed by atoms with Crippen LogP contribution in [0.3, 0.4) is 0 Å². The molecule has 1 heterocycles. The molecule has 0 bridgehead atoms. The number of sulfonamides is 1. The number of carbonyl (C=O) groups excluding carboxylic acids is 1. The molecule has 0 radical (unpaired) electrons. The van der Waals surface area contributed by atoms with Crippen LogP contribution in [0.1, 0.15) is 42.9 Å². The van der Waals surface area contributed by atoms with Crippen molar-refractivity contribution in [3.8, 4) is 11.5 Å². The first-order chi connectivity index (χ1) is 19.5. The van der Waals surface area contributed by atoms with Gasteiger partial charge in [-0.2, -0.15) is 4.31 Å². The van der Waals surface area contributed by atoms with Crippen molar-refractivity contribution in [1.82, 2.24) is 14.1 Å². The second kappa shape index (κ2) is 15.5. The molecule has 2 aromatic carbocycles. The first-order valence-corrected chi connectivity index (χ1v) is 15.9. The summed E-state index contributed by atoms with van der Waals surface area (Å²) in [6.07, 6.45) is 4.20. The lowest BCUT2D eigenvalue weighted by Crippen LogP contribution is -2.38. The van der Waals surface area contributed by atoms with Crippen molar-refractivity contribution in [1.29, 1.82) is 0 Å². The Bertz CT molecular complexity index is 1220. The topological polar surface area (TPSA) is 88.6 Å². The van der Waals surface area contributed by atoms with E-state index in [1.807, 2.05) is 19.1 Å². The third-order valence-corrected chi connectivity index (χ3v) is 9.96. The zero-order valence-electron chi connectivity index (χ0n) is 25.5. The molecule has 0 aliphatic carbocycles. The van der Waals surface area contributed by atoms with E-state index in [1.54, 1.807) is 45.0 Å². The van der Waals surface area contributed by atoms with Crippen molar-refractivity contribution in [2.24, 2.45) is 0 Å². The summed E-state index contributed by atoms with van der Waals surface area (Å²) in [6.45, 7) is 9.67. The molecule has 1 fully saturated rings. The van der Waals surface area contributed by atoms with Gasteiger partial charge < -0.3 is 19.1 Å². The van der Waals surface area contributed by atoms with Crippen LogP contribution in [-0.4, -0.2) is 102 Å². The van der Waals surface area contributed by atoms with Gasteiger partial charge in [0.25, 0.3) is 0 Å². The molecule has 0 spiro atoms. The van der Waals surface area contributed by atoms with Crippen molar-refractivity contribution in [3.63, 3.8) is 0 Å². The quantitative estimate of drug-likeness (QED) is 0.275. The maximum atomic E-state index is 13.2. The van der Waals surface area contributed by atoms with Crippen LogP contribution in [0.4, 0.5) is 0 Å². The zero-order chi connectivity index (χ0) is 30.0. The SMILES string of the molecule is COc1cc(C)c(S(=O)(=O)N(C)CCOCC(=O)N(C)C(C)CCc2cccc(OCCN3CCCC3)c2)c(C)c1. The van der Waals surface area contributed by atoms with Crippen molar-refractivity contribution in [2.45, 2.75) is 57.4 Å². The molecular formula is C31H47N3O6S. The summed E-state index contributed by atoms with van der Waals surface area (Å²) in [5.41, 5.74) is 2.42. The van der Waals surface area contributed by atoms with E-state index >= 15 is 0 Å². The van der Waals surface area contributed by atoms with E-state index < -0.39 is 10.0 Å². The fourth-order valence-electron chi connectivity index (χ4n) is 5.07. The van der Waals surface area contributed by atoms with E-state index in [1.165, 1.54) is 42.8 Å². The Morgan fingerprint density at radius 2 is 1.71 bits per heavy atom. The number of rotatable bonds is 16. The number of likely N-dealkylation sites (N-methyl/N-ethyl adjacent to an activating group) is 2. The lowest BCUT2D eigenvalue weighted by Gasteiger charge is -2.25. The number of amides is 1. The van der Waals surface area contributed by atoms with Gasteiger partial charge in [0.15, 0.2) is 0 Å². The molecule has 1 amide bonds. The van der Waals surface area contributed by atoms with Gasteiger partial charge in [-0.05, 0) is 100 Å². The third kappa shape index (κ3) is 9.43. The van der Waals surface area contributed by atoms with Crippen molar-refractivity contribution >= 4 is 15.9 Å². The fourth-order valence-corrected chi connectivity index (χ4v) is 6.63.